The number of carbonyl (C=O) groups is 1. The lowest BCUT2D eigenvalue weighted by atomic mass is 9.99. The van der Waals surface area contributed by atoms with Crippen LogP contribution in [-0.4, -0.2) is 31.2 Å². The van der Waals surface area contributed by atoms with Gasteiger partial charge >= 0.3 is 5.97 Å². The fourth-order valence-corrected chi connectivity index (χ4v) is 3.12. The molecular formula is C22H19N3O2S. The summed E-state index contributed by atoms with van der Waals surface area (Å²) in [5.41, 5.74) is 2.87. The Bertz CT molecular complexity index is 1030. The number of aromatic nitrogens is 3. The normalized spacial score (nSPS) is 10.4. The summed E-state index contributed by atoms with van der Waals surface area (Å²) in [6.07, 6.45) is 7.17. The van der Waals surface area contributed by atoms with Crippen molar-refractivity contribution >= 4 is 23.6 Å². The van der Waals surface area contributed by atoms with Gasteiger partial charge in [0.25, 0.3) is 0 Å². The number of rotatable bonds is 8. The highest BCUT2D eigenvalue weighted by atomic mass is 32.1. The van der Waals surface area contributed by atoms with E-state index in [4.69, 9.17) is 18.6 Å². The highest BCUT2D eigenvalue weighted by Gasteiger charge is 2.12. The van der Waals surface area contributed by atoms with Crippen LogP contribution in [0.3, 0.4) is 0 Å². The van der Waals surface area contributed by atoms with Crippen molar-refractivity contribution in [2.75, 3.05) is 0 Å². The Balaban J connectivity index is 1.84. The van der Waals surface area contributed by atoms with Crippen LogP contribution in [0.5, 0.6) is 0 Å². The molecule has 0 aliphatic rings. The van der Waals surface area contributed by atoms with Crippen LogP contribution in [0.15, 0.2) is 48.5 Å². The smallest absolute Gasteiger partial charge is 0.336 e. The van der Waals surface area contributed by atoms with E-state index in [0.29, 0.717) is 37.2 Å². The largest absolute Gasteiger partial charge is 0.478 e. The lowest BCUT2D eigenvalue weighted by Gasteiger charge is -2.09. The minimum Gasteiger partial charge on any atom is -0.478 e. The van der Waals surface area contributed by atoms with Crippen molar-refractivity contribution in [1.82, 2.24) is 14.8 Å². The predicted octanol–water partition coefficient (Wildman–Crippen LogP) is 3.80. The van der Waals surface area contributed by atoms with Crippen molar-refractivity contribution in [3.63, 3.8) is 0 Å². The first-order chi connectivity index (χ1) is 13.6. The average molecular weight is 389 g/mol. The van der Waals surface area contributed by atoms with Gasteiger partial charge in [-0.05, 0) is 28.1 Å². The van der Waals surface area contributed by atoms with Crippen molar-refractivity contribution in [1.29, 1.82) is 0 Å². The lowest BCUT2D eigenvalue weighted by molar-refractivity contribution is 0.0697. The minimum atomic E-state index is -0.938. The van der Waals surface area contributed by atoms with Crippen LogP contribution in [0.2, 0.25) is 0 Å². The summed E-state index contributed by atoms with van der Waals surface area (Å²) < 4.78 is 1.85. The number of hydrogen-bond acceptors (Lipinski definition) is 4. The zero-order valence-corrected chi connectivity index (χ0v) is 16.0. The van der Waals surface area contributed by atoms with Gasteiger partial charge in [-0.1, -0.05) is 54.7 Å². The number of terminal acetylenes is 1. The fourth-order valence-electron chi connectivity index (χ4n) is 2.97. The maximum atomic E-state index is 11.4. The number of benzene rings is 2. The van der Waals surface area contributed by atoms with E-state index in [1.807, 2.05) is 41.1 Å². The molecule has 0 aliphatic carbocycles. The summed E-state index contributed by atoms with van der Waals surface area (Å²) in [6, 6.07) is 14.8. The molecule has 0 spiro atoms. The second kappa shape index (κ2) is 9.07. The molecule has 0 amide bonds. The Kier molecular flexibility index (Phi) is 6.30. The molecule has 6 heteroatoms. The average Bonchev–Trinajstić information content (AvgIpc) is 3.08. The third kappa shape index (κ3) is 4.51. The molecule has 28 heavy (non-hydrogen) atoms. The Morgan fingerprint density at radius 1 is 1.21 bits per heavy atom. The van der Waals surface area contributed by atoms with Gasteiger partial charge in [-0.2, -0.15) is 5.10 Å². The zero-order valence-electron chi connectivity index (χ0n) is 15.2. The van der Waals surface area contributed by atoms with Crippen LogP contribution >= 0.6 is 12.2 Å². The number of aryl methyl sites for hydroxylation is 1. The van der Waals surface area contributed by atoms with E-state index in [1.54, 1.807) is 17.5 Å². The van der Waals surface area contributed by atoms with Crippen LogP contribution < -0.4 is 0 Å². The molecular weight excluding hydrogens is 370 g/mol. The molecule has 0 unspecified atom stereocenters. The number of thiocarbonyl (C=S) groups is 1. The Morgan fingerprint density at radius 2 is 1.96 bits per heavy atom. The van der Waals surface area contributed by atoms with Crippen LogP contribution in [-0.2, 0) is 19.4 Å². The number of carboxylic acids is 1. The van der Waals surface area contributed by atoms with Crippen molar-refractivity contribution in [2.24, 2.45) is 0 Å². The van der Waals surface area contributed by atoms with E-state index in [1.165, 1.54) is 0 Å². The maximum Gasteiger partial charge on any atom is 0.336 e. The molecule has 1 heterocycles. The van der Waals surface area contributed by atoms with E-state index in [9.17, 15) is 9.90 Å². The van der Waals surface area contributed by atoms with E-state index >= 15 is 0 Å². The maximum absolute atomic E-state index is 11.4. The van der Waals surface area contributed by atoms with Gasteiger partial charge in [-0.15, -0.1) is 12.3 Å². The van der Waals surface area contributed by atoms with Gasteiger partial charge < -0.3 is 5.11 Å². The molecule has 5 nitrogen and oxygen atoms in total. The summed E-state index contributed by atoms with van der Waals surface area (Å²) in [5, 5.41) is 15.5. The third-order valence-electron chi connectivity index (χ3n) is 4.31. The Labute approximate surface area is 169 Å². The van der Waals surface area contributed by atoms with Crippen LogP contribution in [0.4, 0.5) is 0 Å². The van der Waals surface area contributed by atoms with Crippen LogP contribution in [0.1, 0.15) is 34.0 Å². The molecule has 1 aromatic heterocycles. The molecule has 2 aromatic carbocycles. The van der Waals surface area contributed by atoms with Crippen molar-refractivity contribution in [2.45, 2.75) is 25.8 Å². The van der Waals surface area contributed by atoms with Crippen molar-refractivity contribution in [3.05, 3.63) is 71.3 Å². The number of hydrogen-bond donors (Lipinski definition) is 1. The first-order valence-corrected chi connectivity index (χ1v) is 9.31. The van der Waals surface area contributed by atoms with Crippen LogP contribution in [0.25, 0.3) is 11.1 Å². The predicted molar refractivity (Wildman–Crippen MR) is 112 cm³/mol. The highest BCUT2D eigenvalue weighted by Crippen LogP contribution is 2.24. The van der Waals surface area contributed by atoms with Crippen molar-refractivity contribution < 1.29 is 9.90 Å². The number of carboxylic acid groups (broad SMARTS) is 1. The van der Waals surface area contributed by atoms with Gasteiger partial charge in [0.15, 0.2) is 5.82 Å². The van der Waals surface area contributed by atoms with Crippen molar-refractivity contribution in [3.8, 4) is 23.5 Å². The molecule has 0 aliphatic heterocycles. The summed E-state index contributed by atoms with van der Waals surface area (Å²) in [4.78, 5) is 16.0. The minimum absolute atomic E-state index is 0.285. The van der Waals surface area contributed by atoms with E-state index in [-0.39, 0.29) is 5.56 Å². The Morgan fingerprint density at radius 3 is 2.64 bits per heavy atom. The van der Waals surface area contributed by atoms with Gasteiger partial charge in [0, 0.05) is 19.3 Å². The van der Waals surface area contributed by atoms with Gasteiger partial charge in [0.2, 0.25) is 0 Å². The van der Waals surface area contributed by atoms with Gasteiger partial charge in [0.05, 0.1) is 12.1 Å². The van der Waals surface area contributed by atoms with E-state index in [0.717, 1.165) is 17.0 Å². The summed E-state index contributed by atoms with van der Waals surface area (Å²) in [7, 11) is 0. The number of aromatic carboxylic acids is 1. The second-order valence-electron chi connectivity index (χ2n) is 6.22. The topological polar surface area (TPSA) is 68.0 Å². The SMILES string of the molecule is C#CCCc1nc(CC=S)nn1Cc1ccc(-c2ccccc2C(=O)O)cc1. The summed E-state index contributed by atoms with van der Waals surface area (Å²) in [5.74, 6) is 3.22. The molecule has 0 saturated carbocycles. The van der Waals surface area contributed by atoms with Gasteiger partial charge in [0.1, 0.15) is 5.82 Å². The second-order valence-corrected chi connectivity index (χ2v) is 6.56. The number of nitrogens with zero attached hydrogens (tertiary/aromatic N) is 3. The molecule has 140 valence electrons. The molecule has 0 radical (unpaired) electrons. The standard InChI is InChI=1S/C22H19N3O2S/c1-2-3-8-21-23-20(13-14-28)24-25(21)15-16-9-11-17(12-10-16)18-6-4-5-7-19(18)22(26)27/h1,4-7,9-12,14H,3,8,13,15H2,(H,26,27). The quantitative estimate of drug-likeness (QED) is 0.469. The summed E-state index contributed by atoms with van der Waals surface area (Å²) in [6.45, 7) is 0.561. The molecule has 0 fully saturated rings. The monoisotopic (exact) mass is 389 g/mol. The fraction of sp³-hybridized carbons (Fsp3) is 0.182. The van der Waals surface area contributed by atoms with E-state index < -0.39 is 5.97 Å². The first-order valence-electron chi connectivity index (χ1n) is 8.83. The molecule has 0 bridgehead atoms. The van der Waals surface area contributed by atoms with Crippen LogP contribution in [0, 0.1) is 12.3 Å². The molecule has 3 aromatic rings. The van der Waals surface area contributed by atoms with Gasteiger partial charge in [-0.25, -0.2) is 14.5 Å². The Hall–Kier alpha value is -3.30. The molecule has 0 saturated heterocycles. The van der Waals surface area contributed by atoms with Gasteiger partial charge in [-0.3, -0.25) is 0 Å². The first kappa shape index (κ1) is 19.5. The van der Waals surface area contributed by atoms with E-state index in [2.05, 4.69) is 16.0 Å². The molecule has 3 rings (SSSR count). The third-order valence-corrected chi connectivity index (χ3v) is 4.47. The molecule has 0 atom stereocenters. The summed E-state index contributed by atoms with van der Waals surface area (Å²) >= 11 is 4.90. The lowest BCUT2D eigenvalue weighted by Crippen LogP contribution is -2.07. The zero-order chi connectivity index (χ0) is 19.9. The highest BCUT2D eigenvalue weighted by molar-refractivity contribution is 7.78. The molecule has 1 N–H and O–H groups in total.